The molecule has 32 heavy (non-hydrogen) atoms. The average Bonchev–Trinajstić information content (AvgIpc) is 2.74. The summed E-state index contributed by atoms with van der Waals surface area (Å²) < 4.78 is 19.9. The van der Waals surface area contributed by atoms with Gasteiger partial charge >= 0.3 is 0 Å². The number of rotatable bonds is 6. The Balaban J connectivity index is 1.77. The van der Waals surface area contributed by atoms with Gasteiger partial charge in [-0.2, -0.15) is 5.26 Å². The lowest BCUT2D eigenvalue weighted by molar-refractivity contribution is -0.112. The lowest BCUT2D eigenvalue weighted by Crippen LogP contribution is -2.14. The second-order valence-corrected chi connectivity index (χ2v) is 8.40. The maximum Gasteiger partial charge on any atom is 0.266 e. The van der Waals surface area contributed by atoms with Gasteiger partial charge in [0.05, 0.1) is 0 Å². The largest absolute Gasteiger partial charge is 0.488 e. The third-order valence-corrected chi connectivity index (χ3v) is 5.39. The molecule has 1 amide bonds. The van der Waals surface area contributed by atoms with E-state index >= 15 is 0 Å². The second kappa shape index (κ2) is 10.3. The Kier molecular flexibility index (Phi) is 7.45. The van der Waals surface area contributed by atoms with Gasteiger partial charge in [-0.15, -0.1) is 0 Å². The van der Waals surface area contributed by atoms with Gasteiger partial charge in [0.1, 0.15) is 29.8 Å². The van der Waals surface area contributed by atoms with Crippen LogP contribution < -0.4 is 10.1 Å². The molecule has 3 aromatic carbocycles. The number of ether oxygens (including phenoxy) is 1. The van der Waals surface area contributed by atoms with Gasteiger partial charge in [-0.25, -0.2) is 4.39 Å². The fourth-order valence-electron chi connectivity index (χ4n) is 3.30. The fraction of sp³-hybridized carbons (Fsp3) is 0.154. The zero-order valence-electron chi connectivity index (χ0n) is 18.0. The highest BCUT2D eigenvalue weighted by Gasteiger charge is 2.13. The van der Waals surface area contributed by atoms with E-state index in [1.165, 1.54) is 12.1 Å². The summed E-state index contributed by atoms with van der Waals surface area (Å²) >= 11 is 3.39. The normalized spacial score (nSPS) is 11.1. The van der Waals surface area contributed by atoms with E-state index in [2.05, 4.69) is 21.2 Å². The summed E-state index contributed by atoms with van der Waals surface area (Å²) in [4.78, 5) is 12.6. The number of halogens is 2. The third-order valence-electron chi connectivity index (χ3n) is 4.89. The number of carbonyl (C=O) groups excluding carboxylic acids is 1. The van der Waals surface area contributed by atoms with Gasteiger partial charge in [-0.05, 0) is 97.1 Å². The first-order valence-electron chi connectivity index (χ1n) is 9.94. The van der Waals surface area contributed by atoms with Crippen molar-refractivity contribution in [3.63, 3.8) is 0 Å². The molecule has 0 fully saturated rings. The number of benzene rings is 3. The molecule has 0 heterocycles. The summed E-state index contributed by atoms with van der Waals surface area (Å²) in [5.41, 5.74) is 4.88. The van der Waals surface area contributed by atoms with Crippen molar-refractivity contribution in [3.05, 3.63) is 98.3 Å². The molecule has 0 aromatic heterocycles. The van der Waals surface area contributed by atoms with Gasteiger partial charge < -0.3 is 10.1 Å². The smallest absolute Gasteiger partial charge is 0.266 e. The summed E-state index contributed by atoms with van der Waals surface area (Å²) in [6, 6.07) is 17.4. The Morgan fingerprint density at radius 1 is 1.06 bits per heavy atom. The summed E-state index contributed by atoms with van der Waals surface area (Å²) in [7, 11) is 0. The molecule has 0 spiro atoms. The van der Waals surface area contributed by atoms with Gasteiger partial charge in [0.25, 0.3) is 5.91 Å². The summed E-state index contributed by atoms with van der Waals surface area (Å²) in [6.45, 7) is 6.01. The van der Waals surface area contributed by atoms with E-state index in [1.54, 1.807) is 24.3 Å². The molecule has 0 saturated carbocycles. The number of nitrogens with one attached hydrogen (secondary N) is 1. The van der Waals surface area contributed by atoms with Crippen molar-refractivity contribution in [2.75, 3.05) is 5.32 Å². The molecule has 1 N–H and O–H groups in total. The average molecular weight is 493 g/mol. The van der Waals surface area contributed by atoms with Crippen LogP contribution in [0.2, 0.25) is 0 Å². The summed E-state index contributed by atoms with van der Waals surface area (Å²) in [6.07, 6.45) is 1.56. The molecule has 0 unspecified atom stereocenters. The number of hydrogen-bond donors (Lipinski definition) is 1. The van der Waals surface area contributed by atoms with E-state index in [0.29, 0.717) is 12.3 Å². The summed E-state index contributed by atoms with van der Waals surface area (Å²) in [5.74, 6) is -0.0327. The predicted octanol–water partition coefficient (Wildman–Crippen LogP) is 6.64. The van der Waals surface area contributed by atoms with Crippen LogP contribution in [0.25, 0.3) is 6.08 Å². The first-order chi connectivity index (χ1) is 15.3. The zero-order valence-corrected chi connectivity index (χ0v) is 19.6. The fourth-order valence-corrected chi connectivity index (χ4v) is 3.78. The number of amides is 1. The van der Waals surface area contributed by atoms with Crippen LogP contribution >= 0.6 is 15.9 Å². The Morgan fingerprint density at radius 2 is 1.72 bits per heavy atom. The first kappa shape index (κ1) is 23.2. The molecular formula is C26H22BrFN2O2. The van der Waals surface area contributed by atoms with Crippen LogP contribution in [0.5, 0.6) is 5.75 Å². The van der Waals surface area contributed by atoms with Crippen molar-refractivity contribution in [3.8, 4) is 11.8 Å². The van der Waals surface area contributed by atoms with Gasteiger partial charge in [0.15, 0.2) is 0 Å². The number of hydrogen-bond acceptors (Lipinski definition) is 3. The van der Waals surface area contributed by atoms with Crippen molar-refractivity contribution < 1.29 is 13.9 Å². The molecule has 0 aliphatic carbocycles. The molecule has 3 aromatic rings. The number of nitrogens with zero attached hydrogens (tertiary/aromatic N) is 1. The minimum atomic E-state index is -0.468. The number of nitriles is 1. The van der Waals surface area contributed by atoms with Crippen molar-refractivity contribution in [2.24, 2.45) is 0 Å². The molecule has 0 aliphatic rings. The van der Waals surface area contributed by atoms with Crippen LogP contribution in [-0.2, 0) is 11.4 Å². The Bertz CT molecular complexity index is 1200. The highest BCUT2D eigenvalue weighted by Crippen LogP contribution is 2.27. The zero-order chi connectivity index (χ0) is 23.3. The van der Waals surface area contributed by atoms with Crippen LogP contribution in [0, 0.1) is 37.9 Å². The number of anilines is 1. The van der Waals surface area contributed by atoms with Crippen molar-refractivity contribution in [1.29, 1.82) is 5.26 Å². The molecular weight excluding hydrogens is 471 g/mol. The summed E-state index contributed by atoms with van der Waals surface area (Å²) in [5, 5.41) is 12.3. The Morgan fingerprint density at radius 3 is 2.31 bits per heavy atom. The van der Waals surface area contributed by atoms with Crippen LogP contribution in [-0.4, -0.2) is 5.91 Å². The van der Waals surface area contributed by atoms with E-state index < -0.39 is 5.91 Å². The maximum absolute atomic E-state index is 13.1. The molecule has 0 atom stereocenters. The van der Waals surface area contributed by atoms with Crippen LogP contribution in [0.15, 0.2) is 64.6 Å². The number of carbonyl (C=O) groups is 1. The molecule has 0 aliphatic heterocycles. The maximum atomic E-state index is 13.1. The van der Waals surface area contributed by atoms with Gasteiger partial charge in [0.2, 0.25) is 0 Å². The van der Waals surface area contributed by atoms with Crippen molar-refractivity contribution in [1.82, 2.24) is 0 Å². The molecule has 0 bridgehead atoms. The second-order valence-electron chi connectivity index (χ2n) is 7.48. The van der Waals surface area contributed by atoms with E-state index in [-0.39, 0.29) is 11.4 Å². The van der Waals surface area contributed by atoms with E-state index in [0.717, 1.165) is 38.0 Å². The van der Waals surface area contributed by atoms with E-state index in [1.807, 2.05) is 51.1 Å². The minimum absolute atomic E-state index is 0.00565. The topological polar surface area (TPSA) is 62.1 Å². The highest BCUT2D eigenvalue weighted by molar-refractivity contribution is 9.10. The monoisotopic (exact) mass is 492 g/mol. The standard InChI is InChI=1S/C26H22BrFN2O2/c1-16-12-22(27)6-9-24(16)30-26(31)21(14-29)13-20-10-17(2)25(18(3)11-20)32-15-19-4-7-23(28)8-5-19/h4-13H,15H2,1-3H3,(H,30,31)/b21-13+. The molecule has 0 radical (unpaired) electrons. The van der Waals surface area contributed by atoms with Crippen molar-refractivity contribution in [2.45, 2.75) is 27.4 Å². The highest BCUT2D eigenvalue weighted by atomic mass is 79.9. The van der Waals surface area contributed by atoms with Gasteiger partial charge in [0, 0.05) is 10.2 Å². The molecule has 6 heteroatoms. The van der Waals surface area contributed by atoms with Gasteiger partial charge in [-0.3, -0.25) is 4.79 Å². The van der Waals surface area contributed by atoms with Crippen LogP contribution in [0.1, 0.15) is 27.8 Å². The Hall–Kier alpha value is -3.43. The third kappa shape index (κ3) is 5.83. The molecule has 162 valence electrons. The van der Waals surface area contributed by atoms with Crippen LogP contribution in [0.4, 0.5) is 10.1 Å². The van der Waals surface area contributed by atoms with Crippen LogP contribution in [0.3, 0.4) is 0 Å². The molecule has 3 rings (SSSR count). The SMILES string of the molecule is Cc1cc(Br)ccc1NC(=O)/C(C#N)=C/c1cc(C)c(OCc2ccc(F)cc2)c(C)c1. The quantitative estimate of drug-likeness (QED) is 0.309. The number of aryl methyl sites for hydroxylation is 3. The molecule has 0 saturated heterocycles. The molecule has 4 nitrogen and oxygen atoms in total. The minimum Gasteiger partial charge on any atom is -0.488 e. The lowest BCUT2D eigenvalue weighted by Gasteiger charge is -2.14. The predicted molar refractivity (Wildman–Crippen MR) is 128 cm³/mol. The van der Waals surface area contributed by atoms with Gasteiger partial charge in [-0.1, -0.05) is 28.1 Å². The van der Waals surface area contributed by atoms with E-state index in [9.17, 15) is 14.4 Å². The van der Waals surface area contributed by atoms with E-state index in [4.69, 9.17) is 4.74 Å². The lowest BCUT2D eigenvalue weighted by atomic mass is 10.0. The Labute approximate surface area is 195 Å². The first-order valence-corrected chi connectivity index (χ1v) is 10.7. The van der Waals surface area contributed by atoms with Crippen molar-refractivity contribution >= 4 is 33.6 Å².